The monoisotopic (exact) mass is 278 g/mol. The van der Waals surface area contributed by atoms with Crippen LogP contribution in [0.15, 0.2) is 36.5 Å². The number of hydrogen-bond donors (Lipinski definition) is 1. The number of pyridine rings is 1. The van der Waals surface area contributed by atoms with Crippen molar-refractivity contribution in [3.63, 3.8) is 0 Å². The van der Waals surface area contributed by atoms with Crippen molar-refractivity contribution in [2.24, 2.45) is 0 Å². The van der Waals surface area contributed by atoms with E-state index < -0.39 is 0 Å². The van der Waals surface area contributed by atoms with E-state index in [1.807, 2.05) is 31.2 Å². The number of nitrogens with zero attached hydrogens (tertiary/aromatic N) is 3. The van der Waals surface area contributed by atoms with Crippen molar-refractivity contribution in [2.75, 3.05) is 5.73 Å². The topological polar surface area (TPSA) is 64.7 Å². The maximum atomic E-state index is 6.13. The predicted molar refractivity (Wildman–Crippen MR) is 86.0 cm³/mol. The molecule has 0 atom stereocenters. The van der Waals surface area contributed by atoms with Crippen LogP contribution >= 0.6 is 0 Å². The second kappa shape index (κ2) is 5.13. The molecule has 1 aromatic carbocycles. The lowest BCUT2D eigenvalue weighted by Gasteiger charge is -2.13. The highest BCUT2D eigenvalue weighted by atomic mass is 15.0. The van der Waals surface area contributed by atoms with Gasteiger partial charge in [-0.3, -0.25) is 4.98 Å². The number of anilines is 1. The molecule has 0 aliphatic heterocycles. The Morgan fingerprint density at radius 2 is 1.81 bits per heavy atom. The van der Waals surface area contributed by atoms with Crippen LogP contribution in [0.5, 0.6) is 0 Å². The number of benzene rings is 1. The van der Waals surface area contributed by atoms with Crippen molar-refractivity contribution in [3.05, 3.63) is 47.8 Å². The Hall–Kier alpha value is -2.49. The van der Waals surface area contributed by atoms with E-state index in [4.69, 9.17) is 5.73 Å². The first-order valence-electron chi connectivity index (χ1n) is 7.06. The van der Waals surface area contributed by atoms with Gasteiger partial charge in [-0.05, 0) is 24.3 Å². The summed E-state index contributed by atoms with van der Waals surface area (Å²) in [5.74, 6) is 1.44. The normalized spacial score (nSPS) is 11.2. The molecule has 0 aliphatic carbocycles. The molecule has 0 saturated carbocycles. The van der Waals surface area contributed by atoms with Crippen molar-refractivity contribution in [1.82, 2.24) is 15.0 Å². The Morgan fingerprint density at radius 3 is 2.52 bits per heavy atom. The zero-order chi connectivity index (χ0) is 15.0. The fraction of sp³-hybridized carbons (Fsp3) is 0.235. The molecule has 4 nitrogen and oxygen atoms in total. The van der Waals surface area contributed by atoms with Crippen molar-refractivity contribution >= 4 is 16.6 Å². The third kappa shape index (κ3) is 2.33. The standard InChI is InChI=1S/C17H18N4/c1-10(2)14-11(3)20-17(21-16(14)18)15-13-7-5-4-6-12(13)8-9-19-15/h4-10H,1-3H3,(H2,18,20,21). The van der Waals surface area contributed by atoms with Crippen LogP contribution in [-0.4, -0.2) is 15.0 Å². The van der Waals surface area contributed by atoms with Crippen LogP contribution in [0.4, 0.5) is 5.82 Å². The summed E-state index contributed by atoms with van der Waals surface area (Å²) in [5.41, 5.74) is 8.83. The summed E-state index contributed by atoms with van der Waals surface area (Å²) in [6.45, 7) is 6.16. The molecule has 0 radical (unpaired) electrons. The number of hydrogen-bond acceptors (Lipinski definition) is 4. The summed E-state index contributed by atoms with van der Waals surface area (Å²) in [6, 6.07) is 10.1. The highest BCUT2D eigenvalue weighted by molar-refractivity contribution is 5.92. The van der Waals surface area contributed by atoms with Crippen LogP contribution < -0.4 is 5.73 Å². The molecule has 0 amide bonds. The minimum atomic E-state index is 0.305. The number of aromatic nitrogens is 3. The first-order valence-corrected chi connectivity index (χ1v) is 7.06. The third-order valence-electron chi connectivity index (χ3n) is 3.63. The van der Waals surface area contributed by atoms with Gasteiger partial charge in [-0.25, -0.2) is 9.97 Å². The van der Waals surface area contributed by atoms with Gasteiger partial charge >= 0.3 is 0 Å². The molecule has 0 unspecified atom stereocenters. The van der Waals surface area contributed by atoms with Crippen LogP contribution in [0, 0.1) is 6.92 Å². The largest absolute Gasteiger partial charge is 0.383 e. The molecule has 2 heterocycles. The lowest BCUT2D eigenvalue weighted by atomic mass is 10.0. The zero-order valence-corrected chi connectivity index (χ0v) is 12.5. The van der Waals surface area contributed by atoms with Crippen molar-refractivity contribution in [2.45, 2.75) is 26.7 Å². The molecule has 21 heavy (non-hydrogen) atoms. The molecule has 0 aliphatic rings. The van der Waals surface area contributed by atoms with Crippen LogP contribution in [0.2, 0.25) is 0 Å². The number of aryl methyl sites for hydroxylation is 1. The van der Waals surface area contributed by atoms with Gasteiger partial charge in [-0.2, -0.15) is 0 Å². The summed E-state index contributed by atoms with van der Waals surface area (Å²) in [7, 11) is 0. The van der Waals surface area contributed by atoms with Gasteiger partial charge in [0.1, 0.15) is 11.5 Å². The molecule has 3 aromatic rings. The number of nitrogens with two attached hydrogens (primary N) is 1. The molecule has 0 spiro atoms. The molecule has 0 bridgehead atoms. The van der Waals surface area contributed by atoms with E-state index in [2.05, 4.69) is 34.9 Å². The molecular weight excluding hydrogens is 260 g/mol. The summed E-state index contributed by atoms with van der Waals surface area (Å²) >= 11 is 0. The Labute approximate surface area is 124 Å². The Kier molecular flexibility index (Phi) is 3.29. The van der Waals surface area contributed by atoms with E-state index in [0.29, 0.717) is 17.6 Å². The molecule has 0 saturated heterocycles. The molecule has 3 rings (SSSR count). The second-order valence-electron chi connectivity index (χ2n) is 5.47. The van der Waals surface area contributed by atoms with E-state index in [0.717, 1.165) is 27.7 Å². The molecule has 2 N–H and O–H groups in total. The summed E-state index contributed by atoms with van der Waals surface area (Å²) in [4.78, 5) is 13.6. The van der Waals surface area contributed by atoms with E-state index in [1.165, 1.54) is 0 Å². The lowest BCUT2D eigenvalue weighted by Crippen LogP contribution is -2.07. The molecule has 0 fully saturated rings. The fourth-order valence-corrected chi connectivity index (χ4v) is 2.72. The minimum Gasteiger partial charge on any atom is -0.383 e. The van der Waals surface area contributed by atoms with Gasteiger partial charge in [0.2, 0.25) is 0 Å². The quantitative estimate of drug-likeness (QED) is 0.776. The van der Waals surface area contributed by atoms with E-state index in [-0.39, 0.29) is 0 Å². The minimum absolute atomic E-state index is 0.305. The number of fused-ring (bicyclic) bond motifs is 1. The van der Waals surface area contributed by atoms with Gasteiger partial charge in [0, 0.05) is 22.8 Å². The van der Waals surface area contributed by atoms with E-state index >= 15 is 0 Å². The first kappa shape index (κ1) is 13.5. The van der Waals surface area contributed by atoms with Crippen molar-refractivity contribution < 1.29 is 0 Å². The second-order valence-corrected chi connectivity index (χ2v) is 5.47. The summed E-state index contributed by atoms with van der Waals surface area (Å²) in [6.07, 6.45) is 1.78. The van der Waals surface area contributed by atoms with Gasteiger partial charge in [-0.1, -0.05) is 38.1 Å². The number of nitrogen functional groups attached to an aromatic ring is 1. The lowest BCUT2D eigenvalue weighted by molar-refractivity contribution is 0.836. The van der Waals surface area contributed by atoms with Crippen molar-refractivity contribution in [3.8, 4) is 11.5 Å². The van der Waals surface area contributed by atoms with Gasteiger partial charge in [0.05, 0.1) is 0 Å². The van der Waals surface area contributed by atoms with E-state index in [9.17, 15) is 0 Å². The predicted octanol–water partition coefficient (Wildman–Crippen LogP) is 3.71. The van der Waals surface area contributed by atoms with Gasteiger partial charge in [-0.15, -0.1) is 0 Å². The molecule has 106 valence electrons. The Bertz CT molecular complexity index is 780. The first-order chi connectivity index (χ1) is 10.1. The fourth-order valence-electron chi connectivity index (χ4n) is 2.72. The highest BCUT2D eigenvalue weighted by Gasteiger charge is 2.15. The van der Waals surface area contributed by atoms with Crippen LogP contribution in [0.3, 0.4) is 0 Å². The maximum absolute atomic E-state index is 6.13. The van der Waals surface area contributed by atoms with Crippen LogP contribution in [0.1, 0.15) is 31.0 Å². The maximum Gasteiger partial charge on any atom is 0.181 e. The van der Waals surface area contributed by atoms with Gasteiger partial charge in [0.15, 0.2) is 5.82 Å². The Morgan fingerprint density at radius 1 is 1.05 bits per heavy atom. The average Bonchev–Trinajstić information content (AvgIpc) is 2.45. The number of rotatable bonds is 2. The molecule has 2 aromatic heterocycles. The summed E-state index contributed by atoms with van der Waals surface area (Å²) in [5, 5.41) is 2.16. The van der Waals surface area contributed by atoms with E-state index in [1.54, 1.807) is 6.20 Å². The average molecular weight is 278 g/mol. The highest BCUT2D eigenvalue weighted by Crippen LogP contribution is 2.28. The van der Waals surface area contributed by atoms with Gasteiger partial charge < -0.3 is 5.73 Å². The Balaban J connectivity index is 2.24. The SMILES string of the molecule is Cc1nc(-c2nccc3ccccc23)nc(N)c1C(C)C. The van der Waals surface area contributed by atoms with Crippen LogP contribution in [-0.2, 0) is 0 Å². The molecular formula is C17H18N4. The van der Waals surface area contributed by atoms with Crippen LogP contribution in [0.25, 0.3) is 22.3 Å². The summed E-state index contributed by atoms with van der Waals surface area (Å²) < 4.78 is 0. The zero-order valence-electron chi connectivity index (χ0n) is 12.5. The van der Waals surface area contributed by atoms with Gasteiger partial charge in [0.25, 0.3) is 0 Å². The third-order valence-corrected chi connectivity index (χ3v) is 3.63. The molecule has 4 heteroatoms. The smallest absolute Gasteiger partial charge is 0.181 e. The van der Waals surface area contributed by atoms with Crippen molar-refractivity contribution in [1.29, 1.82) is 0 Å².